The second-order valence-electron chi connectivity index (χ2n) is 35.2. The number of pyridine rings is 4. The van der Waals surface area contributed by atoms with Crippen molar-refractivity contribution in [2.24, 2.45) is 0 Å². The van der Waals surface area contributed by atoms with E-state index in [1.165, 1.54) is 86.0 Å². The first-order chi connectivity index (χ1) is 71.6. The minimum absolute atomic E-state index is 0.0120. The number of alkyl halides is 12. The summed E-state index contributed by atoms with van der Waals surface area (Å²) in [5, 5.41) is 50.9. The Kier molecular flexibility index (Phi) is 28.2. The number of aromatic amines is 4. The predicted octanol–water partition coefficient (Wildman–Crippen LogP) is 11.3. The number of amides is 4. The summed E-state index contributed by atoms with van der Waals surface area (Å²) in [7, 11) is 0. The summed E-state index contributed by atoms with van der Waals surface area (Å²) < 4.78 is 168. The zero-order valence-electron chi connectivity index (χ0n) is 79.1. The van der Waals surface area contributed by atoms with Crippen LogP contribution in [0.2, 0.25) is 0 Å². The molecule has 18 aromatic rings. The first-order valence-corrected chi connectivity index (χ1v) is 46.5. The lowest BCUT2D eigenvalue weighted by Gasteiger charge is -2.42. The molecule has 4 aliphatic rings. The van der Waals surface area contributed by atoms with Crippen LogP contribution < -0.4 is 19.6 Å². The van der Waals surface area contributed by atoms with E-state index in [9.17, 15) is 82.1 Å². The van der Waals surface area contributed by atoms with E-state index >= 15 is 0 Å². The molecule has 0 radical (unpaired) electrons. The number of nitrogens with zero attached hydrogens (tertiary/aromatic N) is 32. The van der Waals surface area contributed by atoms with Gasteiger partial charge in [-0.2, -0.15) is 78.2 Å². The molecule has 0 saturated carbocycles. The van der Waals surface area contributed by atoms with Gasteiger partial charge in [0.1, 0.15) is 81.3 Å². The first kappa shape index (κ1) is 100. The van der Waals surface area contributed by atoms with Crippen LogP contribution in [0.3, 0.4) is 0 Å². The Morgan fingerprint density at radius 1 is 0.389 bits per heavy atom. The minimum Gasteiger partial charge on any atom is -0.387 e. The van der Waals surface area contributed by atoms with E-state index in [1.807, 2.05) is 64.8 Å². The van der Waals surface area contributed by atoms with Crippen molar-refractivity contribution in [2.45, 2.75) is 102 Å². The Labute approximate surface area is 834 Å². The van der Waals surface area contributed by atoms with Crippen LogP contribution in [0.25, 0.3) is 68.7 Å². The van der Waals surface area contributed by atoms with Crippen molar-refractivity contribution >= 4 is 69.5 Å². The number of aliphatic hydroxyl groups is 2. The zero-order valence-corrected chi connectivity index (χ0v) is 79.1. The number of halogens is 12. The molecule has 42 nitrogen and oxygen atoms in total. The predicted molar refractivity (Wildman–Crippen MR) is 508 cm³/mol. The van der Waals surface area contributed by atoms with Gasteiger partial charge in [0.25, 0.3) is 5.91 Å². The van der Waals surface area contributed by atoms with Crippen molar-refractivity contribution in [3.63, 3.8) is 0 Å². The van der Waals surface area contributed by atoms with Gasteiger partial charge < -0.3 is 54.0 Å². The Morgan fingerprint density at radius 2 is 0.698 bits per heavy atom. The van der Waals surface area contributed by atoms with Crippen molar-refractivity contribution in [3.8, 4) is 46.1 Å². The van der Waals surface area contributed by atoms with Gasteiger partial charge in [-0.25, -0.2) is 64.8 Å². The summed E-state index contributed by atoms with van der Waals surface area (Å²) in [6, 6.07) is 16.8. The van der Waals surface area contributed by atoms with Gasteiger partial charge >= 0.3 is 24.7 Å². The summed E-state index contributed by atoms with van der Waals surface area (Å²) in [5.74, 6) is 2.49. The number of piperazine rings is 4. The molecular formula is C95H90F12N36O6. The van der Waals surface area contributed by atoms with Crippen LogP contribution in [0, 0.1) is 13.8 Å². The molecule has 22 heterocycles. The number of carbonyl (C=O) groups excluding carboxylic acids is 4. The summed E-state index contributed by atoms with van der Waals surface area (Å²) in [6.07, 6.45) is 16.2. The highest BCUT2D eigenvalue weighted by atomic mass is 19.4. The number of H-pyrrole nitrogens is 4. The molecule has 22 rings (SSSR count). The van der Waals surface area contributed by atoms with Gasteiger partial charge in [-0.1, -0.05) is 0 Å². The number of hydrogen-bond donors (Lipinski definition) is 6. The van der Waals surface area contributed by atoms with E-state index in [2.05, 4.69) is 111 Å². The molecule has 5 unspecified atom stereocenters. The number of rotatable bonds is 20. The number of aliphatic hydroxyl groups excluding tert-OH is 2. The number of hydrogen-bond acceptors (Lipinski definition) is 28. The van der Waals surface area contributed by atoms with Crippen molar-refractivity contribution in [3.05, 3.63) is 277 Å². The van der Waals surface area contributed by atoms with E-state index in [4.69, 9.17) is 0 Å². The Hall–Kier alpha value is -17.5. The number of anilines is 4. The molecule has 0 aromatic carbocycles. The van der Waals surface area contributed by atoms with Crippen LogP contribution in [-0.4, -0.2) is 282 Å². The molecule has 0 bridgehead atoms. The van der Waals surface area contributed by atoms with Crippen molar-refractivity contribution in [1.82, 2.24) is 157 Å². The third kappa shape index (κ3) is 21.9. The van der Waals surface area contributed by atoms with Crippen molar-refractivity contribution < 1.29 is 82.1 Å². The third-order valence-electron chi connectivity index (χ3n) is 25.8. The Morgan fingerprint density at radius 3 is 0.973 bits per heavy atom. The van der Waals surface area contributed by atoms with E-state index in [0.29, 0.717) is 173 Å². The summed E-state index contributed by atoms with van der Waals surface area (Å²) in [4.78, 5) is 123. The molecule has 6 N–H and O–H groups in total. The molecular weight excluding hydrogens is 1970 g/mol. The minimum atomic E-state index is -4.50. The third-order valence-corrected chi connectivity index (χ3v) is 25.8. The molecule has 770 valence electrons. The van der Waals surface area contributed by atoms with Gasteiger partial charge in [-0.05, 0) is 99.6 Å². The van der Waals surface area contributed by atoms with Crippen LogP contribution >= 0.6 is 0 Å². The highest BCUT2D eigenvalue weighted by Crippen LogP contribution is 2.40. The summed E-state index contributed by atoms with van der Waals surface area (Å²) in [6.45, 7) is 10.9. The van der Waals surface area contributed by atoms with Gasteiger partial charge in [-0.15, -0.1) is 0 Å². The normalized spacial score (nSPS) is 16.7. The average Bonchev–Trinajstić information content (AvgIpc) is 1.65. The number of carbonyl (C=O) groups is 4. The second-order valence-corrected chi connectivity index (χ2v) is 35.2. The fraction of sp³-hybridized carbons (Fsp3) is 0.305. The molecule has 149 heavy (non-hydrogen) atoms. The molecule has 5 atom stereocenters. The van der Waals surface area contributed by atoms with E-state index < -0.39 is 59.7 Å². The molecule has 54 heteroatoms. The smallest absolute Gasteiger partial charge is 0.387 e. The van der Waals surface area contributed by atoms with Gasteiger partial charge in [0.2, 0.25) is 17.7 Å². The Bertz CT molecular complexity index is 7740. The molecule has 4 aliphatic heterocycles. The molecule has 4 amide bonds. The maximum atomic E-state index is 13.4. The first-order valence-electron chi connectivity index (χ1n) is 46.5. The maximum Gasteiger partial charge on any atom is 0.417 e. The van der Waals surface area contributed by atoms with Crippen LogP contribution in [-0.2, 0) is 57.0 Å². The fourth-order valence-electron chi connectivity index (χ4n) is 18.3. The summed E-state index contributed by atoms with van der Waals surface area (Å²) >= 11 is 0. The van der Waals surface area contributed by atoms with E-state index in [0.717, 1.165) is 82.7 Å². The van der Waals surface area contributed by atoms with E-state index in [1.54, 1.807) is 109 Å². The average molecular weight is 2060 g/mol. The number of fused-ring (bicyclic) bond motifs is 4. The lowest BCUT2D eigenvalue weighted by molar-refractivity contribution is -0.142. The zero-order chi connectivity index (χ0) is 104. The number of imidazole rings is 5. The van der Waals surface area contributed by atoms with Crippen LogP contribution in [0.1, 0.15) is 99.8 Å². The van der Waals surface area contributed by atoms with Crippen molar-refractivity contribution in [2.75, 3.05) is 105 Å². The highest BCUT2D eigenvalue weighted by Gasteiger charge is 2.42. The number of aromatic nitrogens is 28. The van der Waals surface area contributed by atoms with Gasteiger partial charge in [-0.3, -0.25) is 61.9 Å². The number of nitrogens with one attached hydrogen (secondary N) is 4. The van der Waals surface area contributed by atoms with Crippen LogP contribution in [0.15, 0.2) is 222 Å². The van der Waals surface area contributed by atoms with Crippen molar-refractivity contribution in [1.29, 1.82) is 0 Å². The maximum absolute atomic E-state index is 13.4. The molecule has 4 fully saturated rings. The lowest BCUT2D eigenvalue weighted by atomic mass is 10.0. The quantitative estimate of drug-likeness (QED) is 0.0386. The largest absolute Gasteiger partial charge is 0.417 e. The van der Waals surface area contributed by atoms with Gasteiger partial charge in [0.15, 0.2) is 23.3 Å². The van der Waals surface area contributed by atoms with Gasteiger partial charge in [0.05, 0.1) is 108 Å². The van der Waals surface area contributed by atoms with Crippen LogP contribution in [0.4, 0.5) is 76.0 Å². The molecule has 18 aromatic heterocycles. The van der Waals surface area contributed by atoms with Crippen LogP contribution in [0.5, 0.6) is 0 Å². The standard InChI is InChI=1S/C27H27F3N10O.C25H23F3N10O.C22H21F3N8O2.C21H19F3N8O2/c1-17-11-18(2)40(36-17)8-6-25(41)38-10-9-37(16-22(38)19-12-33-34-13-19)24-5-7-31-26(35-24)21-14-32-23-4-3-20(15-39(21)23)27(28,29)30;26-25(27,28)18-1-2-21-31-13-19(38(21)14-18)24-30-5-3-22(34-24)36-9-10-37(20(15-36)17-11-32-33-12-17)23(39)4-7-35-8-6-29-16-35;1-13(34)21(35)32-7-6-31(12-17(32)14-8-28-29-9-14)19-4-5-26-20(30-19)16-10-27-18-3-2-15(11-33(16)18)22(23,24)25;22-21(23,24)14-1-2-17-26-9-15(32(17)10-14)20-25-4-3-18(29-20)30-5-6-31(19(34)12-33)16(11-30)13-7-27-28-8-13/h3-5,7,11-15,22H,6,8-10,16H2,1-2H3,(H,33,34);1-3,5-6,8,11-14,16,20H,4,7,9-10,15H2,(H,32,33);2-5,8-11,13,17,34H,6-7,12H2,1H3,(H,28,29);1-4,7-10,16,33H,5-6,11-12H2,(H,27,28). The van der Waals surface area contributed by atoms with E-state index in [-0.39, 0.29) is 71.1 Å². The lowest BCUT2D eigenvalue weighted by Crippen LogP contribution is -2.53. The topological polar surface area (TPSA) is 457 Å². The fourth-order valence-corrected chi connectivity index (χ4v) is 18.3. The molecule has 0 spiro atoms. The second kappa shape index (κ2) is 41.9. The Balaban J connectivity index is 0.000000125. The van der Waals surface area contributed by atoms with Gasteiger partial charge in [0, 0.05) is 219 Å². The summed E-state index contributed by atoms with van der Waals surface area (Å²) in [5.41, 5.74) is 4.75. The monoisotopic (exact) mass is 2060 g/mol. The molecule has 0 aliphatic carbocycles. The molecule has 4 saturated heterocycles. The number of aryl methyl sites for hydroxylation is 4. The SMILES string of the molecule is CC(O)C(=O)N1CCN(c2ccnc(-c3cnc4ccc(C(F)(F)F)cn34)n2)CC1c1cn[nH]c1.Cc1cc(C)n(CCC(=O)N2CCN(c3ccnc(-c4cnc5ccc(C(F)(F)F)cn45)n3)CC2c2cn[nH]c2)n1.O=C(CCn1ccnc1)N1CCN(c2ccnc(-c3cnc4ccc(C(F)(F)F)cn34)n2)CC1c1cn[nH]c1.O=C(CO)N1CCN(c2ccnc(-c3cnc4ccc(C(F)(F)F)cn34)n2)CC1c1cn[nH]c1. The highest BCUT2D eigenvalue weighted by molar-refractivity contribution is 5.82.